The highest BCUT2D eigenvalue weighted by molar-refractivity contribution is 7.91. The van der Waals surface area contributed by atoms with E-state index >= 15 is 0 Å². The van der Waals surface area contributed by atoms with Crippen molar-refractivity contribution in [2.24, 2.45) is 0 Å². The molecule has 19 heavy (non-hydrogen) atoms. The number of anilines is 1. The van der Waals surface area contributed by atoms with Crippen molar-refractivity contribution in [2.45, 2.75) is 12.5 Å². The van der Waals surface area contributed by atoms with E-state index in [0.717, 1.165) is 0 Å². The molecule has 1 unspecified atom stereocenters. The Bertz CT molecular complexity index is 554. The SMILES string of the molecule is O=C(CC1CS(=O)(=O)CCN1)Nc1ccc(O)cc1. The predicted octanol–water partition coefficient (Wildman–Crippen LogP) is 0.107. The van der Waals surface area contributed by atoms with Gasteiger partial charge in [-0.2, -0.15) is 0 Å². The first-order chi connectivity index (χ1) is 8.94. The van der Waals surface area contributed by atoms with Gasteiger partial charge in [-0.25, -0.2) is 8.42 Å². The maximum absolute atomic E-state index is 11.8. The Morgan fingerprint density at radius 2 is 2.05 bits per heavy atom. The van der Waals surface area contributed by atoms with E-state index in [9.17, 15) is 13.2 Å². The van der Waals surface area contributed by atoms with Gasteiger partial charge >= 0.3 is 0 Å². The molecule has 3 N–H and O–H groups in total. The van der Waals surface area contributed by atoms with Gasteiger partial charge in [-0.3, -0.25) is 4.79 Å². The van der Waals surface area contributed by atoms with Gasteiger partial charge in [-0.1, -0.05) is 0 Å². The number of amides is 1. The number of carbonyl (C=O) groups is 1. The lowest BCUT2D eigenvalue weighted by atomic mass is 10.2. The molecule has 1 aromatic rings. The van der Waals surface area contributed by atoms with Gasteiger partial charge in [-0.05, 0) is 24.3 Å². The van der Waals surface area contributed by atoms with E-state index in [1.54, 1.807) is 12.1 Å². The number of carbonyl (C=O) groups excluding carboxylic acids is 1. The number of phenols is 1. The molecule has 1 atom stereocenters. The summed E-state index contributed by atoms with van der Waals surface area (Å²) in [5.74, 6) is -0.00246. The predicted molar refractivity (Wildman–Crippen MR) is 71.8 cm³/mol. The van der Waals surface area contributed by atoms with Crippen LogP contribution in [0.3, 0.4) is 0 Å². The van der Waals surface area contributed by atoms with Gasteiger partial charge in [0.05, 0.1) is 11.5 Å². The van der Waals surface area contributed by atoms with Crippen LogP contribution in [0.15, 0.2) is 24.3 Å². The number of hydrogen-bond donors (Lipinski definition) is 3. The maximum Gasteiger partial charge on any atom is 0.225 e. The third-order valence-electron chi connectivity index (χ3n) is 2.88. The number of aromatic hydroxyl groups is 1. The quantitative estimate of drug-likeness (QED) is 0.685. The van der Waals surface area contributed by atoms with Crippen LogP contribution in [0.1, 0.15) is 6.42 Å². The van der Waals surface area contributed by atoms with E-state index in [1.807, 2.05) is 0 Å². The number of benzene rings is 1. The topological polar surface area (TPSA) is 95.5 Å². The minimum Gasteiger partial charge on any atom is -0.508 e. The average Bonchev–Trinajstić information content (AvgIpc) is 2.30. The number of sulfone groups is 1. The summed E-state index contributed by atoms with van der Waals surface area (Å²) in [5, 5.41) is 14.8. The summed E-state index contributed by atoms with van der Waals surface area (Å²) in [7, 11) is -3.03. The van der Waals surface area contributed by atoms with Crippen molar-refractivity contribution in [1.29, 1.82) is 0 Å². The van der Waals surface area contributed by atoms with Crippen LogP contribution in [0.2, 0.25) is 0 Å². The monoisotopic (exact) mass is 284 g/mol. The smallest absolute Gasteiger partial charge is 0.225 e. The molecule has 1 amide bonds. The van der Waals surface area contributed by atoms with Gasteiger partial charge in [-0.15, -0.1) is 0 Å². The Balaban J connectivity index is 1.89. The summed E-state index contributed by atoms with van der Waals surface area (Å²) in [5.41, 5.74) is 0.571. The molecule has 104 valence electrons. The van der Waals surface area contributed by atoms with Crippen molar-refractivity contribution >= 4 is 21.4 Å². The zero-order chi connectivity index (χ0) is 13.9. The van der Waals surface area contributed by atoms with Gasteiger partial charge in [0.1, 0.15) is 5.75 Å². The standard InChI is InChI=1S/C12H16N2O4S/c15-11-3-1-9(2-4-11)14-12(16)7-10-8-19(17,18)6-5-13-10/h1-4,10,13,15H,5-8H2,(H,14,16). The summed E-state index contributed by atoms with van der Waals surface area (Å²) in [6, 6.07) is 5.77. The largest absolute Gasteiger partial charge is 0.508 e. The molecule has 0 saturated carbocycles. The molecule has 1 saturated heterocycles. The number of phenolic OH excluding ortho intramolecular Hbond substituents is 1. The molecule has 6 nitrogen and oxygen atoms in total. The Morgan fingerprint density at radius 1 is 1.37 bits per heavy atom. The Morgan fingerprint density at radius 3 is 2.68 bits per heavy atom. The third-order valence-corrected chi connectivity index (χ3v) is 4.62. The highest BCUT2D eigenvalue weighted by atomic mass is 32.2. The van der Waals surface area contributed by atoms with Gasteiger partial charge in [0.2, 0.25) is 5.91 Å². The van der Waals surface area contributed by atoms with Crippen LogP contribution >= 0.6 is 0 Å². The number of nitrogens with one attached hydrogen (secondary N) is 2. The van der Waals surface area contributed by atoms with E-state index in [1.165, 1.54) is 12.1 Å². The Hall–Kier alpha value is -1.60. The molecule has 1 aliphatic heterocycles. The normalized spacial score (nSPS) is 21.8. The van der Waals surface area contributed by atoms with Crippen LogP contribution in [0.25, 0.3) is 0 Å². The van der Waals surface area contributed by atoms with E-state index in [2.05, 4.69) is 10.6 Å². The molecule has 1 fully saturated rings. The summed E-state index contributed by atoms with van der Waals surface area (Å²) in [6.07, 6.45) is 0.111. The zero-order valence-corrected chi connectivity index (χ0v) is 11.1. The van der Waals surface area contributed by atoms with Crippen LogP contribution in [0.4, 0.5) is 5.69 Å². The fourth-order valence-corrected chi connectivity index (χ4v) is 3.42. The Labute approximate surface area is 111 Å². The van der Waals surface area contributed by atoms with Gasteiger partial charge < -0.3 is 15.7 Å². The first-order valence-corrected chi connectivity index (χ1v) is 7.79. The second kappa shape index (κ2) is 5.58. The molecule has 2 rings (SSSR count). The molecule has 1 aromatic carbocycles. The van der Waals surface area contributed by atoms with E-state index < -0.39 is 9.84 Å². The van der Waals surface area contributed by atoms with Crippen molar-refractivity contribution in [3.8, 4) is 5.75 Å². The average molecular weight is 284 g/mol. The zero-order valence-electron chi connectivity index (χ0n) is 10.3. The third kappa shape index (κ3) is 4.22. The first kappa shape index (κ1) is 13.8. The van der Waals surface area contributed by atoms with Crippen LogP contribution in [-0.2, 0) is 14.6 Å². The summed E-state index contributed by atoms with van der Waals surface area (Å²) in [6.45, 7) is 0.388. The molecule has 0 spiro atoms. The van der Waals surface area contributed by atoms with Crippen molar-refractivity contribution < 1.29 is 18.3 Å². The van der Waals surface area contributed by atoms with Crippen molar-refractivity contribution in [3.63, 3.8) is 0 Å². The summed E-state index contributed by atoms with van der Waals surface area (Å²) >= 11 is 0. The molecule has 0 aromatic heterocycles. The van der Waals surface area contributed by atoms with Crippen LogP contribution in [-0.4, -0.2) is 43.5 Å². The Kier molecular flexibility index (Phi) is 4.06. The lowest BCUT2D eigenvalue weighted by Gasteiger charge is -2.23. The maximum atomic E-state index is 11.8. The van der Waals surface area contributed by atoms with Crippen LogP contribution in [0, 0.1) is 0 Å². The molecular weight excluding hydrogens is 268 g/mol. The highest BCUT2D eigenvalue weighted by Gasteiger charge is 2.25. The van der Waals surface area contributed by atoms with Crippen molar-refractivity contribution in [1.82, 2.24) is 5.32 Å². The van der Waals surface area contributed by atoms with Crippen LogP contribution in [0.5, 0.6) is 5.75 Å². The van der Waals surface area contributed by atoms with Crippen molar-refractivity contribution in [2.75, 3.05) is 23.4 Å². The molecule has 7 heteroatoms. The fraction of sp³-hybridized carbons (Fsp3) is 0.417. The second-order valence-corrected chi connectivity index (χ2v) is 6.79. The number of rotatable bonds is 3. The fourth-order valence-electron chi connectivity index (χ4n) is 1.98. The molecule has 1 aliphatic rings. The number of hydrogen-bond acceptors (Lipinski definition) is 5. The molecule has 1 heterocycles. The van der Waals surface area contributed by atoms with E-state index in [4.69, 9.17) is 5.11 Å². The summed E-state index contributed by atoms with van der Waals surface area (Å²) in [4.78, 5) is 11.8. The van der Waals surface area contributed by atoms with Gasteiger partial charge in [0.25, 0.3) is 0 Å². The van der Waals surface area contributed by atoms with Gasteiger partial charge in [0, 0.05) is 24.7 Å². The van der Waals surface area contributed by atoms with E-state index in [-0.39, 0.29) is 35.6 Å². The van der Waals surface area contributed by atoms with Gasteiger partial charge in [0.15, 0.2) is 9.84 Å². The lowest BCUT2D eigenvalue weighted by molar-refractivity contribution is -0.116. The van der Waals surface area contributed by atoms with E-state index in [0.29, 0.717) is 12.2 Å². The minimum absolute atomic E-state index is 0.00397. The van der Waals surface area contributed by atoms with Crippen molar-refractivity contribution in [3.05, 3.63) is 24.3 Å². The second-order valence-electron chi connectivity index (χ2n) is 4.56. The highest BCUT2D eigenvalue weighted by Crippen LogP contribution is 2.14. The molecule has 0 radical (unpaired) electrons. The minimum atomic E-state index is -3.03. The summed E-state index contributed by atoms with van der Waals surface area (Å²) < 4.78 is 22.9. The first-order valence-electron chi connectivity index (χ1n) is 5.97. The lowest BCUT2D eigenvalue weighted by Crippen LogP contribution is -2.46. The van der Waals surface area contributed by atoms with Crippen LogP contribution < -0.4 is 10.6 Å². The molecular formula is C12H16N2O4S. The molecule has 0 bridgehead atoms. The molecule has 0 aliphatic carbocycles.